The lowest BCUT2D eigenvalue weighted by molar-refractivity contribution is -0.307. The van der Waals surface area contributed by atoms with Gasteiger partial charge >= 0.3 is 0 Å². The average Bonchev–Trinajstić information content (AvgIpc) is 3.99. The van der Waals surface area contributed by atoms with Crippen molar-refractivity contribution in [2.24, 2.45) is 0 Å². The van der Waals surface area contributed by atoms with Gasteiger partial charge in [0.1, 0.15) is 36.9 Å². The van der Waals surface area contributed by atoms with Crippen LogP contribution in [0.2, 0.25) is 0 Å². The molecule has 258 valence electrons. The quantitative estimate of drug-likeness (QED) is 0.0888. The van der Waals surface area contributed by atoms with Crippen LogP contribution in [0.15, 0.2) is 48.5 Å². The Morgan fingerprint density at radius 1 is 0.739 bits per heavy atom. The van der Waals surface area contributed by atoms with E-state index in [0.717, 1.165) is 35.8 Å². The molecule has 2 aliphatic heterocycles. The zero-order valence-corrected chi connectivity index (χ0v) is 30.3. The number of benzene rings is 2. The van der Waals surface area contributed by atoms with Gasteiger partial charge in [-0.25, -0.2) is 0 Å². The molecule has 4 rings (SSSR count). The molecule has 0 aromatic heterocycles. The molecule has 0 spiro atoms. The Hall–Kier alpha value is -2.14. The van der Waals surface area contributed by atoms with E-state index in [4.69, 9.17) is 18.9 Å². The molecule has 3 atom stereocenters. The SMILES string of the molecule is CC(CC(=O)[O-])(Cc1ccc(OCC2CO2)cc1)c1ccc(OCC2CO2)cc1.CCCC[P+](CCCC)(CCCC)CCCC. The first-order valence-corrected chi connectivity index (χ1v) is 20.5. The van der Waals surface area contributed by atoms with Gasteiger partial charge in [0, 0.05) is 18.6 Å². The van der Waals surface area contributed by atoms with Crippen LogP contribution in [-0.4, -0.2) is 69.3 Å². The van der Waals surface area contributed by atoms with Gasteiger partial charge in [0.2, 0.25) is 0 Å². The molecule has 0 saturated carbocycles. The Bertz CT molecular complexity index is 1070. The van der Waals surface area contributed by atoms with Crippen molar-refractivity contribution < 1.29 is 28.8 Å². The van der Waals surface area contributed by atoms with Gasteiger partial charge in [-0.15, -0.1) is 0 Å². The minimum absolute atomic E-state index is 0.0691. The number of epoxide rings is 2. The van der Waals surface area contributed by atoms with Crippen molar-refractivity contribution in [3.63, 3.8) is 0 Å². The summed E-state index contributed by atoms with van der Waals surface area (Å²) >= 11 is 0. The van der Waals surface area contributed by atoms with Gasteiger partial charge in [0.25, 0.3) is 0 Å². The minimum atomic E-state index is -1.07. The van der Waals surface area contributed by atoms with Crippen LogP contribution in [0, 0.1) is 0 Å². The van der Waals surface area contributed by atoms with E-state index >= 15 is 0 Å². The van der Waals surface area contributed by atoms with Crippen molar-refractivity contribution in [1.29, 1.82) is 0 Å². The fourth-order valence-corrected chi connectivity index (χ4v) is 11.3. The van der Waals surface area contributed by atoms with E-state index < -0.39 is 18.6 Å². The van der Waals surface area contributed by atoms with Gasteiger partial charge < -0.3 is 28.8 Å². The summed E-state index contributed by atoms with van der Waals surface area (Å²) in [4.78, 5) is 11.5. The molecule has 0 amide bonds. The average molecular weight is 657 g/mol. The molecule has 0 N–H and O–H groups in total. The summed E-state index contributed by atoms with van der Waals surface area (Å²) in [7, 11) is -0.562. The van der Waals surface area contributed by atoms with E-state index in [1.165, 1.54) is 51.4 Å². The lowest BCUT2D eigenvalue weighted by Gasteiger charge is -2.31. The number of carbonyl (C=O) groups excluding carboxylic acids is 1. The second-order valence-electron chi connectivity index (χ2n) is 13.6. The summed E-state index contributed by atoms with van der Waals surface area (Å²) < 4.78 is 21.6. The van der Waals surface area contributed by atoms with Crippen LogP contribution in [-0.2, 0) is 26.1 Å². The molecule has 2 saturated heterocycles. The van der Waals surface area contributed by atoms with Crippen LogP contribution in [0.1, 0.15) is 104 Å². The summed E-state index contributed by atoms with van der Waals surface area (Å²) in [5.41, 5.74) is 1.37. The number of carbonyl (C=O) groups is 1. The lowest BCUT2D eigenvalue weighted by Crippen LogP contribution is -2.35. The van der Waals surface area contributed by atoms with Gasteiger partial charge in [0.15, 0.2) is 0 Å². The summed E-state index contributed by atoms with van der Waals surface area (Å²) in [5, 5.41) is 11.5. The van der Waals surface area contributed by atoms with Crippen LogP contribution in [0.3, 0.4) is 0 Å². The second-order valence-corrected chi connectivity index (χ2v) is 18.1. The first kappa shape index (κ1) is 38.3. The summed E-state index contributed by atoms with van der Waals surface area (Å²) in [5.74, 6) is 0.469. The third kappa shape index (κ3) is 14.3. The van der Waals surface area contributed by atoms with E-state index in [9.17, 15) is 9.90 Å². The van der Waals surface area contributed by atoms with E-state index in [-0.39, 0.29) is 18.6 Å². The highest BCUT2D eigenvalue weighted by Gasteiger charge is 2.34. The fraction of sp³-hybridized carbons (Fsp3) is 0.667. The Kier molecular flexibility index (Phi) is 16.9. The fourth-order valence-electron chi connectivity index (χ4n) is 6.04. The van der Waals surface area contributed by atoms with E-state index in [1.54, 1.807) is 24.6 Å². The molecule has 2 heterocycles. The van der Waals surface area contributed by atoms with E-state index in [0.29, 0.717) is 19.6 Å². The van der Waals surface area contributed by atoms with Crippen molar-refractivity contribution in [2.45, 2.75) is 116 Å². The normalized spacial score (nSPS) is 18.2. The number of carboxylic acid groups (broad SMARTS) is 1. The first-order valence-electron chi connectivity index (χ1n) is 18.0. The maximum atomic E-state index is 11.5. The molecule has 2 fully saturated rings. The van der Waals surface area contributed by atoms with Crippen LogP contribution in [0.25, 0.3) is 0 Å². The van der Waals surface area contributed by atoms with Gasteiger partial charge in [0.05, 0.1) is 37.9 Å². The maximum Gasteiger partial charge on any atom is 0.119 e. The van der Waals surface area contributed by atoms with Crippen molar-refractivity contribution in [3.8, 4) is 11.5 Å². The third-order valence-corrected chi connectivity index (χ3v) is 14.3. The van der Waals surface area contributed by atoms with Gasteiger partial charge in [-0.05, 0) is 73.9 Å². The summed E-state index contributed by atoms with van der Waals surface area (Å²) in [6.45, 7) is 14.0. The molecule has 2 aliphatic rings. The van der Waals surface area contributed by atoms with Gasteiger partial charge in [-0.1, -0.05) is 84.6 Å². The molecular weight excluding hydrogens is 595 g/mol. The van der Waals surface area contributed by atoms with Crippen LogP contribution >= 0.6 is 7.26 Å². The zero-order chi connectivity index (χ0) is 33.3. The Balaban J connectivity index is 0.000000292. The van der Waals surface area contributed by atoms with Crippen molar-refractivity contribution in [3.05, 3.63) is 59.7 Å². The number of ether oxygens (including phenoxy) is 4. The molecule has 0 radical (unpaired) electrons. The number of unbranched alkanes of at least 4 members (excludes halogenated alkanes) is 4. The topological polar surface area (TPSA) is 83.7 Å². The number of hydrogen-bond acceptors (Lipinski definition) is 6. The smallest absolute Gasteiger partial charge is 0.119 e. The highest BCUT2D eigenvalue weighted by atomic mass is 31.2. The van der Waals surface area contributed by atoms with Gasteiger partial charge in [-0.3, -0.25) is 0 Å². The highest BCUT2D eigenvalue weighted by molar-refractivity contribution is 7.75. The van der Waals surface area contributed by atoms with Crippen LogP contribution in [0.5, 0.6) is 11.5 Å². The predicted molar refractivity (Wildman–Crippen MR) is 190 cm³/mol. The molecule has 2 aromatic rings. The number of rotatable bonds is 23. The number of carboxylic acids is 1. The van der Waals surface area contributed by atoms with Gasteiger partial charge in [-0.2, -0.15) is 0 Å². The van der Waals surface area contributed by atoms with E-state index in [1.807, 2.05) is 55.5 Å². The zero-order valence-electron chi connectivity index (χ0n) is 29.4. The Labute approximate surface area is 280 Å². The first-order chi connectivity index (χ1) is 22.2. The lowest BCUT2D eigenvalue weighted by atomic mass is 9.75. The maximum absolute atomic E-state index is 11.5. The molecule has 6 nitrogen and oxygen atoms in total. The predicted octanol–water partition coefficient (Wildman–Crippen LogP) is 8.09. The van der Waals surface area contributed by atoms with Crippen molar-refractivity contribution in [1.82, 2.24) is 0 Å². The van der Waals surface area contributed by atoms with E-state index in [2.05, 4.69) is 27.7 Å². The largest absolute Gasteiger partial charge is 0.550 e. The summed E-state index contributed by atoms with van der Waals surface area (Å²) in [6, 6.07) is 15.4. The molecule has 0 aliphatic carbocycles. The molecule has 7 heteroatoms. The second kappa shape index (κ2) is 20.3. The Morgan fingerprint density at radius 2 is 1.13 bits per heavy atom. The molecule has 3 unspecified atom stereocenters. The summed E-state index contributed by atoms with van der Waals surface area (Å²) in [6.07, 6.45) is 18.9. The molecule has 46 heavy (non-hydrogen) atoms. The van der Waals surface area contributed by atoms with Crippen molar-refractivity contribution in [2.75, 3.05) is 51.1 Å². The highest BCUT2D eigenvalue weighted by Crippen LogP contribution is 2.61. The van der Waals surface area contributed by atoms with Crippen LogP contribution < -0.4 is 14.6 Å². The van der Waals surface area contributed by atoms with Crippen LogP contribution in [0.4, 0.5) is 0 Å². The monoisotopic (exact) mass is 656 g/mol. The molecule has 2 aromatic carbocycles. The number of aliphatic carboxylic acids is 1. The standard InChI is InChI=1S/C23H26O6.C16H36P/c1-23(11-22(24)25,17-4-8-19(9-5-17)27-13-21-15-29-21)10-16-2-6-18(7-3-16)26-12-20-14-28-20;1-5-9-13-17(14-10-6-2,15-11-7-3)16-12-8-4/h2-9,20-21H,10-15H2,1H3,(H,24,25);5-16H2,1-4H3/q;+1/p-1. The minimum Gasteiger partial charge on any atom is -0.550 e. The van der Waals surface area contributed by atoms with Crippen molar-refractivity contribution >= 4 is 13.2 Å². The third-order valence-electron chi connectivity index (χ3n) is 9.22. The molecular formula is C39H61O6P. The Morgan fingerprint density at radius 3 is 1.48 bits per heavy atom. The number of hydrogen-bond donors (Lipinski definition) is 0. The molecule has 0 bridgehead atoms.